The molecule has 0 aliphatic carbocycles. The van der Waals surface area contributed by atoms with Crippen molar-refractivity contribution in [3.8, 4) is 0 Å². The summed E-state index contributed by atoms with van der Waals surface area (Å²) in [7, 11) is -0.677. The second kappa shape index (κ2) is 6.90. The van der Waals surface area contributed by atoms with Crippen LogP contribution in [0.1, 0.15) is 15.9 Å². The van der Waals surface area contributed by atoms with Crippen LogP contribution in [0.5, 0.6) is 0 Å². The molecule has 0 bridgehead atoms. The molecule has 3 rings (SSSR count). The summed E-state index contributed by atoms with van der Waals surface area (Å²) in [4.78, 5) is 12.9. The summed E-state index contributed by atoms with van der Waals surface area (Å²) in [6.45, 7) is 1.78. The molecule has 0 atom stereocenters. The van der Waals surface area contributed by atoms with Gasteiger partial charge in [-0.25, -0.2) is 12.7 Å². The van der Waals surface area contributed by atoms with E-state index >= 15 is 0 Å². The molecule has 0 aliphatic rings. The van der Waals surface area contributed by atoms with Crippen LogP contribution in [-0.4, -0.2) is 32.7 Å². The lowest BCUT2D eigenvalue weighted by atomic mass is 10.1. The molecule has 0 saturated carbocycles. The van der Waals surface area contributed by atoms with Crippen molar-refractivity contribution in [2.45, 2.75) is 11.8 Å². The maximum atomic E-state index is 12.8. The van der Waals surface area contributed by atoms with E-state index < -0.39 is 10.0 Å². The molecule has 0 fully saturated rings. The minimum atomic E-state index is -3.60. The van der Waals surface area contributed by atoms with Gasteiger partial charge >= 0.3 is 0 Å². The second-order valence-electron chi connectivity index (χ2n) is 6.24. The lowest BCUT2D eigenvalue weighted by Crippen LogP contribution is -2.23. The Labute approximate surface area is 153 Å². The number of nitrogens with one attached hydrogen (secondary N) is 1. The van der Waals surface area contributed by atoms with Crippen LogP contribution in [-0.2, 0) is 10.0 Å². The highest BCUT2D eigenvalue weighted by Crippen LogP contribution is 2.25. The van der Waals surface area contributed by atoms with Crippen LogP contribution in [0.2, 0.25) is 0 Å². The number of amides is 1. The predicted octanol–water partition coefficient (Wildman–Crippen LogP) is 3.65. The third-order valence-corrected chi connectivity index (χ3v) is 6.08. The number of hydrogen-bond donors (Lipinski definition) is 1. The minimum Gasteiger partial charge on any atom is -0.321 e. The maximum Gasteiger partial charge on any atom is 0.255 e. The molecular formula is C20H20N2O3S. The Morgan fingerprint density at radius 1 is 0.962 bits per heavy atom. The number of carbonyl (C=O) groups excluding carboxylic acids is 1. The van der Waals surface area contributed by atoms with Crippen molar-refractivity contribution in [2.24, 2.45) is 0 Å². The first-order chi connectivity index (χ1) is 12.3. The molecule has 3 aromatic carbocycles. The molecule has 3 aromatic rings. The molecule has 0 unspecified atom stereocenters. The Bertz CT molecular complexity index is 1080. The molecule has 0 aliphatic heterocycles. The monoisotopic (exact) mass is 368 g/mol. The SMILES string of the molecule is Cc1ccc(S(=O)(=O)N(C)C)cc1C(=O)Nc1cccc2ccccc12. The van der Waals surface area contributed by atoms with Crippen molar-refractivity contribution in [1.82, 2.24) is 4.31 Å². The third-order valence-electron chi connectivity index (χ3n) is 4.27. The first-order valence-corrected chi connectivity index (χ1v) is 9.57. The van der Waals surface area contributed by atoms with Crippen LogP contribution in [0, 0.1) is 6.92 Å². The van der Waals surface area contributed by atoms with E-state index in [0.29, 0.717) is 16.8 Å². The van der Waals surface area contributed by atoms with Crippen LogP contribution in [0.15, 0.2) is 65.6 Å². The Kier molecular flexibility index (Phi) is 4.80. The molecule has 134 valence electrons. The number of anilines is 1. The normalized spacial score (nSPS) is 11.7. The Morgan fingerprint density at radius 3 is 2.38 bits per heavy atom. The van der Waals surface area contributed by atoms with Crippen LogP contribution in [0.3, 0.4) is 0 Å². The molecule has 6 heteroatoms. The summed E-state index contributed by atoms with van der Waals surface area (Å²) in [5.41, 5.74) is 1.73. The van der Waals surface area contributed by atoms with Gasteiger partial charge in [0.1, 0.15) is 0 Å². The fourth-order valence-electron chi connectivity index (χ4n) is 2.74. The van der Waals surface area contributed by atoms with Gasteiger partial charge in [0, 0.05) is 30.7 Å². The average Bonchev–Trinajstić information content (AvgIpc) is 2.62. The number of hydrogen-bond acceptors (Lipinski definition) is 3. The Hall–Kier alpha value is -2.70. The minimum absolute atomic E-state index is 0.0937. The predicted molar refractivity (Wildman–Crippen MR) is 104 cm³/mol. The summed E-state index contributed by atoms with van der Waals surface area (Å²) in [6, 6.07) is 18.0. The van der Waals surface area contributed by atoms with Crippen LogP contribution < -0.4 is 5.32 Å². The molecule has 0 radical (unpaired) electrons. The highest BCUT2D eigenvalue weighted by molar-refractivity contribution is 7.89. The Morgan fingerprint density at radius 2 is 1.65 bits per heavy atom. The zero-order chi connectivity index (χ0) is 18.9. The van der Waals surface area contributed by atoms with Crippen molar-refractivity contribution in [2.75, 3.05) is 19.4 Å². The zero-order valence-corrected chi connectivity index (χ0v) is 15.7. The molecule has 26 heavy (non-hydrogen) atoms. The van der Waals surface area contributed by atoms with Crippen LogP contribution >= 0.6 is 0 Å². The van der Waals surface area contributed by atoms with Gasteiger partial charge in [-0.2, -0.15) is 0 Å². The summed E-state index contributed by atoms with van der Waals surface area (Å²) < 4.78 is 25.8. The number of fused-ring (bicyclic) bond motifs is 1. The van der Waals surface area contributed by atoms with Gasteiger partial charge in [-0.15, -0.1) is 0 Å². The van der Waals surface area contributed by atoms with Crippen molar-refractivity contribution in [1.29, 1.82) is 0 Å². The van der Waals surface area contributed by atoms with Crippen molar-refractivity contribution >= 4 is 32.4 Å². The lowest BCUT2D eigenvalue weighted by Gasteiger charge is -2.14. The van der Waals surface area contributed by atoms with Crippen molar-refractivity contribution in [3.63, 3.8) is 0 Å². The smallest absolute Gasteiger partial charge is 0.255 e. The summed E-state index contributed by atoms with van der Waals surface area (Å²) in [5, 5.41) is 4.85. The van der Waals surface area contributed by atoms with E-state index in [1.54, 1.807) is 13.0 Å². The number of nitrogens with zero attached hydrogens (tertiary/aromatic N) is 1. The maximum absolute atomic E-state index is 12.8. The molecular weight excluding hydrogens is 348 g/mol. The second-order valence-corrected chi connectivity index (χ2v) is 8.40. The van der Waals surface area contributed by atoms with Gasteiger partial charge in [0.05, 0.1) is 4.90 Å². The topological polar surface area (TPSA) is 66.5 Å². The van der Waals surface area contributed by atoms with Crippen LogP contribution in [0.4, 0.5) is 5.69 Å². The molecule has 5 nitrogen and oxygen atoms in total. The first-order valence-electron chi connectivity index (χ1n) is 8.13. The van der Waals surface area contributed by atoms with E-state index in [0.717, 1.165) is 15.1 Å². The highest BCUT2D eigenvalue weighted by Gasteiger charge is 2.20. The van der Waals surface area contributed by atoms with Gasteiger partial charge in [0.25, 0.3) is 5.91 Å². The summed E-state index contributed by atoms with van der Waals surface area (Å²) in [5.74, 6) is -0.338. The molecule has 1 N–H and O–H groups in total. The molecule has 0 heterocycles. The van der Waals surface area contributed by atoms with E-state index in [4.69, 9.17) is 0 Å². The number of carbonyl (C=O) groups is 1. The molecule has 1 amide bonds. The van der Waals surface area contributed by atoms with E-state index in [-0.39, 0.29) is 10.8 Å². The Balaban J connectivity index is 2.00. The highest BCUT2D eigenvalue weighted by atomic mass is 32.2. The summed E-state index contributed by atoms with van der Waals surface area (Å²) in [6.07, 6.45) is 0. The standard InChI is InChI=1S/C20H20N2O3S/c1-14-11-12-16(26(24,25)22(2)3)13-18(14)20(23)21-19-10-6-8-15-7-4-5-9-17(15)19/h4-13H,1-3H3,(H,21,23). The van der Waals surface area contributed by atoms with Gasteiger partial charge in [-0.3, -0.25) is 4.79 Å². The third kappa shape index (κ3) is 3.34. The van der Waals surface area contributed by atoms with Gasteiger partial charge in [0.15, 0.2) is 0 Å². The van der Waals surface area contributed by atoms with Gasteiger partial charge < -0.3 is 5.32 Å². The van der Waals surface area contributed by atoms with Gasteiger partial charge in [-0.05, 0) is 36.1 Å². The average molecular weight is 368 g/mol. The van der Waals surface area contributed by atoms with Gasteiger partial charge in [-0.1, -0.05) is 42.5 Å². The number of aryl methyl sites for hydroxylation is 1. The largest absolute Gasteiger partial charge is 0.321 e. The van der Waals surface area contributed by atoms with E-state index in [1.165, 1.54) is 26.2 Å². The number of rotatable bonds is 4. The molecule has 0 aromatic heterocycles. The van der Waals surface area contributed by atoms with Gasteiger partial charge in [0.2, 0.25) is 10.0 Å². The lowest BCUT2D eigenvalue weighted by molar-refractivity contribution is 0.102. The van der Waals surface area contributed by atoms with Crippen LogP contribution in [0.25, 0.3) is 10.8 Å². The first kappa shape index (κ1) is 18.1. The van der Waals surface area contributed by atoms with Crippen molar-refractivity contribution in [3.05, 3.63) is 71.8 Å². The molecule has 0 saturated heterocycles. The molecule has 0 spiro atoms. The zero-order valence-electron chi connectivity index (χ0n) is 14.9. The summed E-state index contributed by atoms with van der Waals surface area (Å²) >= 11 is 0. The van der Waals surface area contributed by atoms with Crippen molar-refractivity contribution < 1.29 is 13.2 Å². The number of benzene rings is 3. The quantitative estimate of drug-likeness (QED) is 0.764. The fraction of sp³-hybridized carbons (Fsp3) is 0.150. The fourth-order valence-corrected chi connectivity index (χ4v) is 3.67. The number of sulfonamides is 1. The van der Waals surface area contributed by atoms with E-state index in [9.17, 15) is 13.2 Å². The van der Waals surface area contributed by atoms with E-state index in [1.807, 2.05) is 42.5 Å². The van der Waals surface area contributed by atoms with E-state index in [2.05, 4.69) is 5.32 Å².